The summed E-state index contributed by atoms with van der Waals surface area (Å²) in [5.41, 5.74) is 0.686. The van der Waals surface area contributed by atoms with Gasteiger partial charge in [0.25, 0.3) is 17.5 Å². The van der Waals surface area contributed by atoms with Gasteiger partial charge in [-0.3, -0.25) is 29.4 Å². The van der Waals surface area contributed by atoms with E-state index in [-0.39, 0.29) is 36.4 Å². The molecule has 2 aliphatic rings. The summed E-state index contributed by atoms with van der Waals surface area (Å²) in [6, 6.07) is 9.68. The Morgan fingerprint density at radius 1 is 1.00 bits per heavy atom. The van der Waals surface area contributed by atoms with E-state index in [1.165, 1.54) is 12.3 Å². The number of rotatable bonds is 5. The highest BCUT2D eigenvalue weighted by molar-refractivity contribution is 6.21. The zero-order valence-corrected chi connectivity index (χ0v) is 16.8. The van der Waals surface area contributed by atoms with Crippen LogP contribution in [0.15, 0.2) is 42.6 Å². The van der Waals surface area contributed by atoms with Crippen LogP contribution in [0.2, 0.25) is 0 Å². The maximum atomic E-state index is 12.7. The number of pyridine rings is 1. The van der Waals surface area contributed by atoms with E-state index in [4.69, 9.17) is 0 Å². The predicted octanol–water partition coefficient (Wildman–Crippen LogP) is 1.71. The number of hydrogen-bond acceptors (Lipinski definition) is 7. The van der Waals surface area contributed by atoms with Crippen molar-refractivity contribution in [1.29, 1.82) is 0 Å². The van der Waals surface area contributed by atoms with Crippen LogP contribution in [0.3, 0.4) is 0 Å². The highest BCUT2D eigenvalue weighted by Gasteiger charge is 2.35. The summed E-state index contributed by atoms with van der Waals surface area (Å²) in [7, 11) is 0. The molecule has 1 fully saturated rings. The van der Waals surface area contributed by atoms with E-state index in [9.17, 15) is 24.5 Å². The fourth-order valence-electron chi connectivity index (χ4n) is 3.88. The van der Waals surface area contributed by atoms with Crippen molar-refractivity contribution in [3.05, 3.63) is 63.8 Å². The highest BCUT2D eigenvalue weighted by Crippen LogP contribution is 2.23. The normalized spacial score (nSPS) is 16.3. The summed E-state index contributed by atoms with van der Waals surface area (Å²) < 4.78 is 0. The van der Waals surface area contributed by atoms with Crippen molar-refractivity contribution in [1.82, 2.24) is 14.8 Å². The van der Waals surface area contributed by atoms with Crippen LogP contribution < -0.4 is 4.90 Å². The lowest BCUT2D eigenvalue weighted by Crippen LogP contribution is -2.38. The molecule has 2 aromatic rings. The van der Waals surface area contributed by atoms with Crippen LogP contribution in [0, 0.1) is 10.1 Å². The predicted molar refractivity (Wildman–Crippen MR) is 111 cm³/mol. The van der Waals surface area contributed by atoms with Crippen LogP contribution in [0.4, 0.5) is 11.5 Å². The molecule has 4 rings (SSSR count). The Kier molecular flexibility index (Phi) is 5.61. The number of aromatic nitrogens is 1. The molecule has 3 heterocycles. The second kappa shape index (κ2) is 8.50. The zero-order chi connectivity index (χ0) is 22.0. The number of imide groups is 1. The van der Waals surface area contributed by atoms with E-state index in [0.717, 1.165) is 11.3 Å². The van der Waals surface area contributed by atoms with Crippen LogP contribution >= 0.6 is 0 Å². The summed E-state index contributed by atoms with van der Waals surface area (Å²) in [4.78, 5) is 56.9. The first-order valence-electron chi connectivity index (χ1n) is 10.0. The van der Waals surface area contributed by atoms with E-state index >= 15 is 0 Å². The first-order valence-corrected chi connectivity index (χ1v) is 10.0. The van der Waals surface area contributed by atoms with Crippen LogP contribution in [0.1, 0.15) is 33.6 Å². The third kappa shape index (κ3) is 4.09. The molecule has 10 heteroatoms. The standard InChI is InChI=1S/C21H21N5O5/c27-19(8-11-25-20(28)16-4-1-2-5-17(16)21(25)29)24-10-3-9-23(12-13-24)18-7-6-15(14-22-18)26(30)31/h1-2,4-7,14H,3,8-13H2. The Bertz CT molecular complexity index is 1000. The summed E-state index contributed by atoms with van der Waals surface area (Å²) >= 11 is 0. The maximum absolute atomic E-state index is 12.7. The zero-order valence-electron chi connectivity index (χ0n) is 16.8. The quantitative estimate of drug-likeness (QED) is 0.408. The lowest BCUT2D eigenvalue weighted by molar-refractivity contribution is -0.385. The summed E-state index contributed by atoms with van der Waals surface area (Å²) in [5.74, 6) is -0.208. The molecule has 1 aromatic carbocycles. The molecular weight excluding hydrogens is 402 g/mol. The van der Waals surface area contributed by atoms with Gasteiger partial charge in [0.15, 0.2) is 0 Å². The van der Waals surface area contributed by atoms with Gasteiger partial charge in [-0.05, 0) is 24.6 Å². The van der Waals surface area contributed by atoms with Gasteiger partial charge in [-0.25, -0.2) is 4.98 Å². The third-order valence-electron chi connectivity index (χ3n) is 5.54. The number of fused-ring (bicyclic) bond motifs is 1. The van der Waals surface area contributed by atoms with E-state index in [2.05, 4.69) is 4.98 Å². The van der Waals surface area contributed by atoms with Gasteiger partial charge in [0.2, 0.25) is 5.91 Å². The molecule has 1 saturated heterocycles. The average Bonchev–Trinajstić information content (AvgIpc) is 2.94. The summed E-state index contributed by atoms with van der Waals surface area (Å²) in [6.07, 6.45) is 2.02. The molecule has 10 nitrogen and oxygen atoms in total. The number of anilines is 1. The molecule has 1 aromatic heterocycles. The third-order valence-corrected chi connectivity index (χ3v) is 5.54. The number of carbonyl (C=O) groups is 3. The van der Waals surface area contributed by atoms with Gasteiger partial charge in [0.1, 0.15) is 12.0 Å². The van der Waals surface area contributed by atoms with Gasteiger partial charge in [0.05, 0.1) is 16.1 Å². The fourth-order valence-corrected chi connectivity index (χ4v) is 3.88. The first kappa shape index (κ1) is 20.5. The molecule has 0 saturated carbocycles. The van der Waals surface area contributed by atoms with Crippen molar-refractivity contribution in [3.8, 4) is 0 Å². The molecule has 0 unspecified atom stereocenters. The van der Waals surface area contributed by atoms with Crippen LogP contribution in [-0.4, -0.2) is 70.2 Å². The fraction of sp³-hybridized carbons (Fsp3) is 0.333. The molecule has 0 spiro atoms. The number of nitro groups is 1. The Morgan fingerprint density at radius 2 is 1.71 bits per heavy atom. The smallest absolute Gasteiger partial charge is 0.287 e. The number of amides is 3. The maximum Gasteiger partial charge on any atom is 0.287 e. The number of carbonyl (C=O) groups excluding carboxylic acids is 3. The molecule has 160 valence electrons. The van der Waals surface area contributed by atoms with E-state index in [0.29, 0.717) is 43.1 Å². The highest BCUT2D eigenvalue weighted by atomic mass is 16.6. The van der Waals surface area contributed by atoms with Gasteiger partial charge in [0, 0.05) is 45.2 Å². The molecule has 3 amide bonds. The van der Waals surface area contributed by atoms with Gasteiger partial charge in [-0.1, -0.05) is 12.1 Å². The molecule has 31 heavy (non-hydrogen) atoms. The van der Waals surface area contributed by atoms with Crippen molar-refractivity contribution in [2.24, 2.45) is 0 Å². The molecule has 2 aliphatic heterocycles. The molecule has 0 N–H and O–H groups in total. The number of nitrogens with zero attached hydrogens (tertiary/aromatic N) is 5. The Balaban J connectivity index is 1.33. The lowest BCUT2D eigenvalue weighted by Gasteiger charge is -2.23. The molecule has 0 aliphatic carbocycles. The summed E-state index contributed by atoms with van der Waals surface area (Å²) in [6.45, 7) is 2.30. The summed E-state index contributed by atoms with van der Waals surface area (Å²) in [5, 5.41) is 10.8. The molecular formula is C21H21N5O5. The Labute approximate surface area is 178 Å². The number of hydrogen-bond donors (Lipinski definition) is 0. The van der Waals surface area contributed by atoms with Crippen molar-refractivity contribution in [3.63, 3.8) is 0 Å². The minimum Gasteiger partial charge on any atom is -0.355 e. The van der Waals surface area contributed by atoms with E-state index in [1.807, 2.05) is 4.90 Å². The average molecular weight is 423 g/mol. The van der Waals surface area contributed by atoms with Crippen molar-refractivity contribution in [2.45, 2.75) is 12.8 Å². The lowest BCUT2D eigenvalue weighted by atomic mass is 10.1. The Hall–Kier alpha value is -3.82. The molecule has 0 atom stereocenters. The van der Waals surface area contributed by atoms with Crippen LogP contribution in [0.25, 0.3) is 0 Å². The van der Waals surface area contributed by atoms with Gasteiger partial charge in [-0.2, -0.15) is 0 Å². The number of benzene rings is 1. The second-order valence-electron chi connectivity index (χ2n) is 7.41. The van der Waals surface area contributed by atoms with Gasteiger partial charge >= 0.3 is 0 Å². The largest absolute Gasteiger partial charge is 0.355 e. The van der Waals surface area contributed by atoms with Crippen molar-refractivity contribution >= 4 is 29.2 Å². The van der Waals surface area contributed by atoms with Crippen molar-refractivity contribution < 1.29 is 19.3 Å². The van der Waals surface area contributed by atoms with Crippen molar-refractivity contribution in [2.75, 3.05) is 37.6 Å². The van der Waals surface area contributed by atoms with Crippen LogP contribution in [-0.2, 0) is 4.79 Å². The van der Waals surface area contributed by atoms with E-state index in [1.54, 1.807) is 35.2 Å². The molecule has 0 bridgehead atoms. The van der Waals surface area contributed by atoms with E-state index < -0.39 is 4.92 Å². The second-order valence-corrected chi connectivity index (χ2v) is 7.41. The minimum absolute atomic E-state index is 0.0509. The topological polar surface area (TPSA) is 117 Å². The minimum atomic E-state index is -0.492. The monoisotopic (exact) mass is 423 g/mol. The van der Waals surface area contributed by atoms with Gasteiger partial charge in [-0.15, -0.1) is 0 Å². The Morgan fingerprint density at radius 3 is 2.32 bits per heavy atom. The SMILES string of the molecule is O=C(CCN1C(=O)c2ccccc2C1=O)N1CCCN(c2ccc([N+](=O)[O-])cn2)CC1. The molecule has 0 radical (unpaired) electrons. The first-order chi connectivity index (χ1) is 15.0. The van der Waals surface area contributed by atoms with Gasteiger partial charge < -0.3 is 9.80 Å². The van der Waals surface area contributed by atoms with Crippen LogP contribution in [0.5, 0.6) is 0 Å².